The van der Waals surface area contributed by atoms with Crippen molar-refractivity contribution in [3.8, 4) is 0 Å². The van der Waals surface area contributed by atoms with E-state index in [-0.39, 0.29) is 87.8 Å². The highest BCUT2D eigenvalue weighted by atomic mass is 35.5. The largest absolute Gasteiger partial charge is 0.465 e. The zero-order valence-electron chi connectivity index (χ0n) is 68.3. The van der Waals surface area contributed by atoms with Gasteiger partial charge in [-0.2, -0.15) is 8.42 Å². The molecular weight excluding hydrogens is 1580 g/mol. The van der Waals surface area contributed by atoms with Gasteiger partial charge >= 0.3 is 46.2 Å². The monoisotopic (exact) mass is 1700 g/mol. The zero-order chi connectivity index (χ0) is 86.0. The first-order valence-electron chi connectivity index (χ1n) is 36.5. The van der Waals surface area contributed by atoms with E-state index in [4.69, 9.17) is 136 Å². The molecule has 0 aromatic heterocycles. The Hall–Kier alpha value is -3.42. The molecule has 0 amide bonds. The summed E-state index contributed by atoms with van der Waals surface area (Å²) in [7, 11) is -4.28. The fourth-order valence-corrected chi connectivity index (χ4v) is 13.3. The number of hydrogen-bond donors (Lipinski definition) is 6. The number of hydrogen-bond acceptors (Lipinski definition) is 34. The summed E-state index contributed by atoms with van der Waals surface area (Å²) >= 11 is 23.7. The standard InChI is InChI=1S/C11H19ClO5.C11H18O8S.C11H20O6.C11H18O4.C8H15ClO2.C8H13ClO2.C6H9ClO4.C6H10O3/c1-5-15-9(14)11(4,12)8(13)7-6-16-10(2,3)17-7;1-5-15-9(12)11(4)8(18-20(13,14)19-11)7-6-16-10(2,3)17-7;1-5-15-9(13)11(4,14)8(12)7-6-16-10(2,3)17-7;1-5-13-10(12)8(2)6-9-7-14-11(3,4)15-9;2*1-4-6-5(2)8(3,9)7(10)11-6;1-6(7)4(9)3(2-8)11-5(6)10;1-6(2)8-4-5(3-7)9-6/h7-8,13H,5-6H2,1-4H3;7-8H,5-6H2,1-4H3;7-8,12,14H,5-6H2,1-4H3;6,9H,5,7H2,1-4H3;5-7,10H,4H2,1-3H3;5-6H,4H2,1-3H3;3-4,8-9H,2H2,1H3;3,5H,4H2,1-2H3/b;;;8-6+;;;;/t3*7-,8-,11+;9-;5-,6-,7?,8-;5-,6-,8-;3-,4-,6-;5-/m11101110/s1. The molecule has 0 spiro atoms. The van der Waals surface area contributed by atoms with Gasteiger partial charge in [0.1, 0.15) is 65.9 Å². The van der Waals surface area contributed by atoms with Gasteiger partial charge in [-0.25, -0.2) is 22.7 Å². The number of carbonyl (C=O) groups excluding carboxylic acids is 7. The maximum atomic E-state index is 12.0. The van der Waals surface area contributed by atoms with Crippen molar-refractivity contribution in [2.45, 2.75) is 325 Å². The van der Waals surface area contributed by atoms with Crippen LogP contribution in [-0.4, -0.2) is 286 Å². The number of esters is 6. The quantitative estimate of drug-likeness (QED) is 0.0304. The molecule has 9 aliphatic rings. The molecule has 39 heteroatoms. The minimum absolute atomic E-state index is 0.00463. The third-order valence-electron chi connectivity index (χ3n) is 18.4. The number of halogens is 4. The van der Waals surface area contributed by atoms with Crippen LogP contribution in [0.3, 0.4) is 0 Å². The van der Waals surface area contributed by atoms with Crippen molar-refractivity contribution in [1.29, 1.82) is 0 Å². The molecule has 9 aliphatic heterocycles. The number of aliphatic hydroxyl groups excluding tert-OH is 5. The van der Waals surface area contributed by atoms with E-state index in [0.717, 1.165) is 19.1 Å². The first-order chi connectivity index (χ1) is 50.6. The van der Waals surface area contributed by atoms with E-state index >= 15 is 0 Å². The van der Waals surface area contributed by atoms with E-state index in [1.165, 1.54) is 27.7 Å². The smallest absolute Gasteiger partial charge is 0.401 e. The lowest BCUT2D eigenvalue weighted by Gasteiger charge is -2.30. The molecule has 0 saturated carbocycles. The number of alkyl halides is 4. The van der Waals surface area contributed by atoms with Gasteiger partial charge < -0.3 is 116 Å². The third-order valence-corrected chi connectivity index (χ3v) is 21.2. The van der Waals surface area contributed by atoms with Gasteiger partial charge in [0.2, 0.25) is 5.60 Å². The number of rotatable bonds is 18. The molecule has 111 heavy (non-hydrogen) atoms. The predicted molar refractivity (Wildman–Crippen MR) is 396 cm³/mol. The van der Waals surface area contributed by atoms with Gasteiger partial charge in [-0.15, -0.1) is 46.4 Å². The number of ether oxygens (including phenoxy) is 17. The molecule has 0 aromatic rings. The van der Waals surface area contributed by atoms with Crippen LogP contribution in [-0.2, 0) is 133 Å². The number of carbonyl (C=O) groups is 7. The molecule has 648 valence electrons. The Morgan fingerprint density at radius 2 is 1.01 bits per heavy atom. The van der Waals surface area contributed by atoms with Crippen LogP contribution >= 0.6 is 46.4 Å². The molecule has 6 N–H and O–H groups in total. The highest BCUT2D eigenvalue weighted by Crippen LogP contribution is 2.43. The van der Waals surface area contributed by atoms with Crippen molar-refractivity contribution in [1.82, 2.24) is 0 Å². The Kier molecular flexibility index (Phi) is 39.5. The van der Waals surface area contributed by atoms with Gasteiger partial charge in [0, 0.05) is 17.4 Å². The SMILES string of the molecule is CC1(C)OC[C@H](C=O)O1.CCOC(=O)/C(C)=C/[C@H]1COC(C)(C)O1.CCOC(=O)[C@@](C)(Cl)[C@H](O)[C@H]1COC(C)(C)O1.CCOC(=O)[C@@](C)(O)[C@H](O)[C@H]1COC(C)(C)O1.CCOC(=O)[C@@]1(C)OS(=O)(=O)O[C@@H]1[C@H]1COC(C)(C)O1.CC[C@H]1OC(=O)[C@](C)(Cl)[C@@H]1C.CC[C@H]1OC(O)[C@](C)(Cl)[C@@H]1C.C[C@]1(Cl)C(=O)O[C@H](CO)[C@H]1O. The average molecular weight is 1710 g/mol. The summed E-state index contributed by atoms with van der Waals surface area (Å²) in [6.07, 6.45) is -4.91. The van der Waals surface area contributed by atoms with Crippen molar-refractivity contribution in [2.75, 3.05) is 66.1 Å². The fraction of sp³-hybridized carbons (Fsp3) is 0.875. The van der Waals surface area contributed by atoms with Crippen LogP contribution in [0.1, 0.15) is 186 Å². The maximum absolute atomic E-state index is 12.0. The maximum Gasteiger partial charge on any atom is 0.401 e. The van der Waals surface area contributed by atoms with E-state index < -0.39 is 156 Å². The molecule has 0 aliphatic carbocycles. The lowest BCUT2D eigenvalue weighted by atomic mass is 9.91. The van der Waals surface area contributed by atoms with E-state index in [2.05, 4.69) is 4.74 Å². The van der Waals surface area contributed by atoms with Crippen molar-refractivity contribution < 1.29 is 162 Å². The summed E-state index contributed by atoms with van der Waals surface area (Å²) in [5, 5.41) is 57.2. The van der Waals surface area contributed by atoms with Gasteiger partial charge in [-0.3, -0.25) is 14.4 Å². The second kappa shape index (κ2) is 42.3. The van der Waals surface area contributed by atoms with Gasteiger partial charge in [0.05, 0.1) is 77.0 Å². The van der Waals surface area contributed by atoms with E-state index in [1.54, 1.807) is 103 Å². The molecule has 9 fully saturated rings. The molecule has 9 heterocycles. The molecule has 21 atom stereocenters. The molecule has 0 radical (unpaired) electrons. The molecular formula is C72H122Cl4O34S. The second-order valence-electron chi connectivity index (χ2n) is 30.2. The van der Waals surface area contributed by atoms with Gasteiger partial charge in [-0.05, 0) is 164 Å². The van der Waals surface area contributed by atoms with Crippen molar-refractivity contribution in [3.05, 3.63) is 11.6 Å². The molecule has 1 unspecified atom stereocenters. The van der Waals surface area contributed by atoms with Gasteiger partial charge in [-0.1, -0.05) is 27.7 Å². The summed E-state index contributed by atoms with van der Waals surface area (Å²) < 4.78 is 120. The van der Waals surface area contributed by atoms with E-state index in [1.807, 2.05) is 48.5 Å². The Morgan fingerprint density at radius 1 is 0.586 bits per heavy atom. The number of aldehydes is 1. The summed E-state index contributed by atoms with van der Waals surface area (Å²) in [4.78, 5) is 74.1. The van der Waals surface area contributed by atoms with Crippen LogP contribution in [0.4, 0.5) is 0 Å². The van der Waals surface area contributed by atoms with E-state index in [0.29, 0.717) is 25.4 Å². The Bertz CT molecular complexity index is 3060. The summed E-state index contributed by atoms with van der Waals surface area (Å²) in [6, 6.07) is 0. The lowest BCUT2D eigenvalue weighted by molar-refractivity contribution is -0.195. The summed E-state index contributed by atoms with van der Waals surface area (Å²) in [5.41, 5.74) is -3.24. The van der Waals surface area contributed by atoms with Crippen LogP contribution in [0.15, 0.2) is 11.6 Å². The molecule has 9 saturated heterocycles. The van der Waals surface area contributed by atoms with Crippen molar-refractivity contribution in [3.63, 3.8) is 0 Å². The minimum Gasteiger partial charge on any atom is -0.465 e. The minimum atomic E-state index is -4.28. The van der Waals surface area contributed by atoms with Crippen LogP contribution in [0.25, 0.3) is 0 Å². The Morgan fingerprint density at radius 3 is 1.33 bits per heavy atom. The van der Waals surface area contributed by atoms with Crippen molar-refractivity contribution in [2.24, 2.45) is 11.8 Å². The Labute approximate surface area is 671 Å². The first kappa shape index (κ1) is 104. The first-order valence-corrected chi connectivity index (χ1v) is 39.4. The highest BCUT2D eigenvalue weighted by Gasteiger charge is 2.62. The summed E-state index contributed by atoms with van der Waals surface area (Å²) in [5.74, 6) is -6.90. The average Bonchev–Trinajstić information content (AvgIpc) is 1.59. The zero-order valence-corrected chi connectivity index (χ0v) is 72.2. The topological polar surface area (TPSA) is 450 Å². The van der Waals surface area contributed by atoms with Crippen LogP contribution in [0, 0.1) is 11.8 Å². The molecule has 0 aromatic carbocycles. The van der Waals surface area contributed by atoms with Crippen LogP contribution in [0.2, 0.25) is 0 Å². The number of cyclic esters (lactones) is 2. The van der Waals surface area contributed by atoms with Gasteiger partial charge in [0.25, 0.3) is 0 Å². The molecule has 0 bridgehead atoms. The molecule has 9 rings (SSSR count). The fourth-order valence-electron chi connectivity index (χ4n) is 11.3. The Balaban J connectivity index is 0.000000436. The van der Waals surface area contributed by atoms with Crippen LogP contribution < -0.4 is 0 Å². The second-order valence-corrected chi connectivity index (χ2v) is 34.5. The van der Waals surface area contributed by atoms with Crippen molar-refractivity contribution >= 4 is 98.9 Å². The third kappa shape index (κ3) is 29.6. The summed E-state index contributed by atoms with van der Waals surface area (Å²) in [6.45, 7) is 44.4. The number of aliphatic hydroxyl groups is 6. The van der Waals surface area contributed by atoms with Crippen LogP contribution in [0.5, 0.6) is 0 Å². The van der Waals surface area contributed by atoms with Gasteiger partial charge in [0.15, 0.2) is 63.0 Å². The predicted octanol–water partition coefficient (Wildman–Crippen LogP) is 5.94. The van der Waals surface area contributed by atoms with E-state index in [9.17, 15) is 67.5 Å². The lowest BCUT2D eigenvalue weighted by Crippen LogP contribution is -2.54. The molecule has 34 nitrogen and oxygen atoms in total. The normalized spacial score (nSPS) is 35.6. The highest BCUT2D eigenvalue weighted by molar-refractivity contribution is 7.82.